The van der Waals surface area contributed by atoms with Gasteiger partial charge in [0.25, 0.3) is 5.56 Å². The first kappa shape index (κ1) is 21.1. The highest BCUT2D eigenvalue weighted by atomic mass is 35.5. The van der Waals surface area contributed by atoms with Crippen LogP contribution in [0.15, 0.2) is 120 Å². The Balaban J connectivity index is 1.60. The van der Waals surface area contributed by atoms with Gasteiger partial charge in [-0.1, -0.05) is 72.3 Å². The van der Waals surface area contributed by atoms with Gasteiger partial charge in [0.15, 0.2) is 11.2 Å². The van der Waals surface area contributed by atoms with E-state index in [2.05, 4.69) is 17.1 Å². The van der Waals surface area contributed by atoms with Crippen LogP contribution in [0.1, 0.15) is 0 Å². The smallest absolute Gasteiger partial charge is 0.285 e. The topological polar surface area (TPSA) is 52.7 Å². The fourth-order valence-corrected chi connectivity index (χ4v) is 4.35. The van der Waals surface area contributed by atoms with Crippen LogP contribution in [0.2, 0.25) is 5.02 Å². The molecule has 2 aromatic heterocycles. The number of nitrogens with zero attached hydrogens (tertiary/aromatic N) is 4. The van der Waals surface area contributed by atoms with Gasteiger partial charge < -0.3 is 0 Å². The number of aromatic nitrogens is 4. The van der Waals surface area contributed by atoms with Crippen molar-refractivity contribution in [2.75, 3.05) is 0 Å². The summed E-state index contributed by atoms with van der Waals surface area (Å²) in [7, 11) is 0. The van der Waals surface area contributed by atoms with Crippen molar-refractivity contribution in [1.82, 2.24) is 19.1 Å². The summed E-state index contributed by atoms with van der Waals surface area (Å²) in [4.78, 5) is 23.3. The number of hydrogen-bond donors (Lipinski definition) is 0. The molecule has 6 heteroatoms. The van der Waals surface area contributed by atoms with Crippen LogP contribution in [-0.4, -0.2) is 19.1 Å². The molecule has 168 valence electrons. The second-order valence-electron chi connectivity index (χ2n) is 8.12. The van der Waals surface area contributed by atoms with Crippen molar-refractivity contribution >= 4 is 22.8 Å². The van der Waals surface area contributed by atoms with Gasteiger partial charge in [0, 0.05) is 16.3 Å². The quantitative estimate of drug-likeness (QED) is 0.291. The zero-order valence-electron chi connectivity index (χ0n) is 18.5. The first-order valence-corrected chi connectivity index (χ1v) is 11.5. The zero-order valence-corrected chi connectivity index (χ0v) is 19.3. The first-order valence-electron chi connectivity index (χ1n) is 11.2. The van der Waals surface area contributed by atoms with Gasteiger partial charge in [-0.3, -0.25) is 13.9 Å². The molecule has 4 aromatic carbocycles. The fourth-order valence-electron chi connectivity index (χ4n) is 4.22. The zero-order chi connectivity index (χ0) is 23.8. The maximum Gasteiger partial charge on any atom is 0.285 e. The number of hydrogen-bond acceptors (Lipinski definition) is 3. The molecule has 0 N–H and O–H groups in total. The van der Waals surface area contributed by atoms with E-state index in [1.807, 2.05) is 84.9 Å². The molecule has 6 rings (SSSR count). The van der Waals surface area contributed by atoms with E-state index in [9.17, 15) is 4.79 Å². The van der Waals surface area contributed by atoms with E-state index >= 15 is 0 Å². The van der Waals surface area contributed by atoms with Gasteiger partial charge in [-0.15, -0.1) is 0 Å². The van der Waals surface area contributed by atoms with Crippen LogP contribution < -0.4 is 5.56 Å². The largest absolute Gasteiger partial charge is 0.293 e. The fraction of sp³-hybridized carbons (Fsp3) is 0. The van der Waals surface area contributed by atoms with Crippen LogP contribution in [0.5, 0.6) is 0 Å². The van der Waals surface area contributed by atoms with Gasteiger partial charge in [0.2, 0.25) is 0 Å². The van der Waals surface area contributed by atoms with E-state index < -0.39 is 0 Å². The van der Waals surface area contributed by atoms with E-state index in [1.54, 1.807) is 27.6 Å². The van der Waals surface area contributed by atoms with Crippen LogP contribution in [0.3, 0.4) is 0 Å². The normalized spacial score (nSPS) is 11.1. The van der Waals surface area contributed by atoms with E-state index in [0.29, 0.717) is 22.0 Å². The predicted molar refractivity (Wildman–Crippen MR) is 140 cm³/mol. The molecule has 2 heterocycles. The number of halogens is 1. The molecule has 0 aliphatic heterocycles. The molecule has 6 aromatic rings. The molecule has 0 bridgehead atoms. The molecule has 0 spiro atoms. The Morgan fingerprint density at radius 1 is 0.629 bits per heavy atom. The molecule has 0 aliphatic rings. The lowest BCUT2D eigenvalue weighted by Crippen LogP contribution is -2.23. The molecule has 0 saturated heterocycles. The van der Waals surface area contributed by atoms with Crippen molar-refractivity contribution < 1.29 is 0 Å². The number of fused-ring (bicyclic) bond motifs is 1. The molecule has 0 aliphatic carbocycles. The van der Waals surface area contributed by atoms with E-state index in [0.717, 1.165) is 28.1 Å². The number of benzene rings is 4. The molecular formula is C29H19ClN4O. The summed E-state index contributed by atoms with van der Waals surface area (Å²) in [6, 6.07) is 35.0. The molecule has 0 amide bonds. The predicted octanol–water partition coefficient (Wildman–Crippen LogP) is 6.56. The third-order valence-corrected chi connectivity index (χ3v) is 6.20. The summed E-state index contributed by atoms with van der Waals surface area (Å²) in [5.41, 5.74) is 5.12. The number of imidazole rings is 1. The summed E-state index contributed by atoms with van der Waals surface area (Å²) in [6.45, 7) is 0. The molecule has 5 nitrogen and oxygen atoms in total. The minimum absolute atomic E-state index is 0.200. The maximum absolute atomic E-state index is 14.0. The summed E-state index contributed by atoms with van der Waals surface area (Å²) in [5.74, 6) is 0.505. The van der Waals surface area contributed by atoms with Crippen molar-refractivity contribution in [2.45, 2.75) is 0 Å². The highest BCUT2D eigenvalue weighted by molar-refractivity contribution is 6.30. The Morgan fingerprint density at radius 2 is 1.23 bits per heavy atom. The Hall–Kier alpha value is -4.48. The van der Waals surface area contributed by atoms with Gasteiger partial charge in [-0.25, -0.2) is 9.97 Å². The lowest BCUT2D eigenvalue weighted by molar-refractivity contribution is 0.959. The maximum atomic E-state index is 14.0. The SMILES string of the molecule is O=c1c2c(ncn2-c2ccccc2)nc(-c2ccc(Cl)cc2)n1-c1ccc(-c2ccccc2)cc1. The van der Waals surface area contributed by atoms with Crippen LogP contribution in [0.25, 0.3) is 45.1 Å². The highest BCUT2D eigenvalue weighted by Crippen LogP contribution is 2.26. The minimum Gasteiger partial charge on any atom is -0.293 e. The second-order valence-corrected chi connectivity index (χ2v) is 8.55. The van der Waals surface area contributed by atoms with Gasteiger partial charge in [-0.05, 0) is 59.7 Å². The summed E-state index contributed by atoms with van der Waals surface area (Å²) < 4.78 is 3.42. The molecule has 0 fully saturated rings. The minimum atomic E-state index is -0.200. The summed E-state index contributed by atoms with van der Waals surface area (Å²) in [5, 5.41) is 0.615. The average molecular weight is 475 g/mol. The van der Waals surface area contributed by atoms with E-state index in [1.165, 1.54) is 0 Å². The molecule has 0 saturated carbocycles. The van der Waals surface area contributed by atoms with Crippen LogP contribution in [0, 0.1) is 0 Å². The lowest BCUT2D eigenvalue weighted by Gasteiger charge is -2.14. The van der Waals surface area contributed by atoms with Crippen LogP contribution in [-0.2, 0) is 0 Å². The second kappa shape index (κ2) is 8.70. The standard InChI is InChI=1S/C29H19ClN4O/c30-23-15-11-22(12-16-23)28-32-27-26(33(19-31-27)24-9-5-2-6-10-24)29(35)34(28)25-17-13-21(14-18-25)20-7-3-1-4-8-20/h1-19H. The Kier molecular flexibility index (Phi) is 5.24. The summed E-state index contributed by atoms with van der Waals surface area (Å²) >= 11 is 6.12. The van der Waals surface area contributed by atoms with Crippen molar-refractivity contribution in [3.05, 3.63) is 131 Å². The third kappa shape index (κ3) is 3.82. The van der Waals surface area contributed by atoms with Crippen molar-refractivity contribution in [2.24, 2.45) is 0 Å². The van der Waals surface area contributed by atoms with Gasteiger partial charge in [0.05, 0.1) is 5.69 Å². The monoisotopic (exact) mass is 474 g/mol. The molecule has 35 heavy (non-hydrogen) atoms. The first-order chi connectivity index (χ1) is 17.2. The van der Waals surface area contributed by atoms with Crippen molar-refractivity contribution in [3.63, 3.8) is 0 Å². The molecular weight excluding hydrogens is 456 g/mol. The Morgan fingerprint density at radius 3 is 1.91 bits per heavy atom. The van der Waals surface area contributed by atoms with Gasteiger partial charge in [0.1, 0.15) is 12.2 Å². The van der Waals surface area contributed by atoms with Crippen molar-refractivity contribution in [1.29, 1.82) is 0 Å². The van der Waals surface area contributed by atoms with Crippen molar-refractivity contribution in [3.8, 4) is 33.9 Å². The summed E-state index contributed by atoms with van der Waals surface area (Å²) in [6.07, 6.45) is 1.64. The van der Waals surface area contributed by atoms with Gasteiger partial charge in [-0.2, -0.15) is 0 Å². The van der Waals surface area contributed by atoms with Crippen LogP contribution in [0.4, 0.5) is 0 Å². The molecule has 0 radical (unpaired) electrons. The van der Waals surface area contributed by atoms with E-state index in [4.69, 9.17) is 16.6 Å². The Bertz CT molecular complexity index is 1690. The van der Waals surface area contributed by atoms with E-state index in [-0.39, 0.29) is 5.56 Å². The lowest BCUT2D eigenvalue weighted by atomic mass is 10.1. The van der Waals surface area contributed by atoms with Crippen LogP contribution >= 0.6 is 11.6 Å². The molecule has 0 atom stereocenters. The third-order valence-electron chi connectivity index (χ3n) is 5.95. The Labute approximate surface area is 206 Å². The van der Waals surface area contributed by atoms with Gasteiger partial charge >= 0.3 is 0 Å². The average Bonchev–Trinajstić information content (AvgIpc) is 3.35. The molecule has 0 unspecified atom stereocenters. The number of para-hydroxylation sites is 1. The highest BCUT2D eigenvalue weighted by Gasteiger charge is 2.19. The number of rotatable bonds is 4.